The number of benzene rings is 3. The van der Waals surface area contributed by atoms with Crippen molar-refractivity contribution in [2.75, 3.05) is 17.4 Å². The van der Waals surface area contributed by atoms with E-state index >= 15 is 0 Å². The zero-order chi connectivity index (χ0) is 21.1. The SMILES string of the molecule is O=C(NCCc1ccccc1)c1ccc(Cl)c(S(=O)(=O)N2CCc3ccccc32)c1. The van der Waals surface area contributed by atoms with Gasteiger partial charge in [0, 0.05) is 18.7 Å². The molecule has 0 aromatic heterocycles. The van der Waals surface area contributed by atoms with Crippen LogP contribution in [0.25, 0.3) is 0 Å². The standard InChI is InChI=1S/C23H21ClN2O3S/c24-20-11-10-19(23(27)25-14-12-17-6-2-1-3-7-17)16-22(20)30(28,29)26-15-13-18-8-4-5-9-21(18)26/h1-11,16H,12-15H2,(H,25,27). The monoisotopic (exact) mass is 440 g/mol. The van der Waals surface area contributed by atoms with Gasteiger partial charge in [-0.3, -0.25) is 9.10 Å². The molecule has 1 aliphatic rings. The van der Waals surface area contributed by atoms with E-state index in [9.17, 15) is 13.2 Å². The van der Waals surface area contributed by atoms with Crippen molar-refractivity contribution in [3.05, 3.63) is 94.5 Å². The van der Waals surface area contributed by atoms with E-state index in [1.165, 1.54) is 22.5 Å². The summed E-state index contributed by atoms with van der Waals surface area (Å²) in [5.41, 5.74) is 3.02. The van der Waals surface area contributed by atoms with E-state index in [-0.39, 0.29) is 21.4 Å². The van der Waals surface area contributed by atoms with Crippen LogP contribution in [0.15, 0.2) is 77.7 Å². The number of sulfonamides is 1. The third kappa shape index (κ3) is 4.06. The second-order valence-electron chi connectivity index (χ2n) is 7.09. The molecule has 5 nitrogen and oxygen atoms in total. The molecule has 7 heteroatoms. The van der Waals surface area contributed by atoms with Crippen LogP contribution in [-0.4, -0.2) is 27.4 Å². The van der Waals surface area contributed by atoms with Gasteiger partial charge in [0.25, 0.3) is 15.9 Å². The Bertz CT molecular complexity index is 1180. The van der Waals surface area contributed by atoms with Crippen LogP contribution >= 0.6 is 11.6 Å². The fraction of sp³-hybridized carbons (Fsp3) is 0.174. The normalized spacial score (nSPS) is 13.2. The van der Waals surface area contributed by atoms with Gasteiger partial charge in [-0.15, -0.1) is 0 Å². The summed E-state index contributed by atoms with van der Waals surface area (Å²) in [7, 11) is -3.88. The third-order valence-electron chi connectivity index (χ3n) is 5.15. The second kappa shape index (κ2) is 8.50. The molecule has 0 atom stereocenters. The summed E-state index contributed by atoms with van der Waals surface area (Å²) >= 11 is 6.24. The van der Waals surface area contributed by atoms with E-state index in [1.807, 2.05) is 48.5 Å². The van der Waals surface area contributed by atoms with Gasteiger partial charge in [0.1, 0.15) is 4.90 Å². The van der Waals surface area contributed by atoms with Crippen LogP contribution in [0.2, 0.25) is 5.02 Å². The molecule has 0 saturated carbocycles. The molecule has 4 rings (SSSR count). The largest absolute Gasteiger partial charge is 0.352 e. The van der Waals surface area contributed by atoms with Crippen molar-refractivity contribution < 1.29 is 13.2 Å². The number of carbonyl (C=O) groups excluding carboxylic acids is 1. The Kier molecular flexibility index (Phi) is 5.79. The van der Waals surface area contributed by atoms with Crippen molar-refractivity contribution in [1.82, 2.24) is 5.32 Å². The summed E-state index contributed by atoms with van der Waals surface area (Å²) in [4.78, 5) is 12.5. The Balaban J connectivity index is 1.54. The fourth-order valence-electron chi connectivity index (χ4n) is 3.59. The fourth-order valence-corrected chi connectivity index (χ4v) is 5.59. The highest BCUT2D eigenvalue weighted by Crippen LogP contribution is 2.35. The van der Waals surface area contributed by atoms with E-state index in [1.54, 1.807) is 6.07 Å². The van der Waals surface area contributed by atoms with Crippen LogP contribution in [0, 0.1) is 0 Å². The molecule has 0 spiro atoms. The lowest BCUT2D eigenvalue weighted by molar-refractivity contribution is 0.0954. The molecule has 0 fully saturated rings. The maximum atomic E-state index is 13.3. The van der Waals surface area contributed by atoms with Gasteiger partial charge in [-0.25, -0.2) is 8.42 Å². The second-order valence-corrected chi connectivity index (χ2v) is 9.33. The van der Waals surface area contributed by atoms with Crippen LogP contribution in [0.3, 0.4) is 0 Å². The first-order chi connectivity index (χ1) is 14.5. The highest BCUT2D eigenvalue weighted by molar-refractivity contribution is 7.93. The minimum absolute atomic E-state index is 0.0587. The lowest BCUT2D eigenvalue weighted by Gasteiger charge is -2.20. The molecule has 1 N–H and O–H groups in total. The molecular formula is C23H21ClN2O3S. The highest BCUT2D eigenvalue weighted by Gasteiger charge is 2.32. The smallest absolute Gasteiger partial charge is 0.265 e. The molecule has 1 heterocycles. The van der Waals surface area contributed by atoms with Gasteiger partial charge < -0.3 is 5.32 Å². The molecule has 0 saturated heterocycles. The van der Waals surface area contributed by atoms with E-state index < -0.39 is 10.0 Å². The molecule has 0 unspecified atom stereocenters. The summed E-state index contributed by atoms with van der Waals surface area (Å²) in [6, 6.07) is 21.6. The summed E-state index contributed by atoms with van der Waals surface area (Å²) in [6.07, 6.45) is 1.34. The van der Waals surface area contributed by atoms with E-state index in [0.29, 0.717) is 31.6 Å². The van der Waals surface area contributed by atoms with Crippen LogP contribution in [0.1, 0.15) is 21.5 Å². The number of carbonyl (C=O) groups is 1. The van der Waals surface area contributed by atoms with Crippen LogP contribution < -0.4 is 9.62 Å². The number of nitrogens with one attached hydrogen (secondary N) is 1. The Labute approximate surface area is 181 Å². The van der Waals surface area contributed by atoms with Crippen molar-refractivity contribution in [2.24, 2.45) is 0 Å². The average Bonchev–Trinajstić information content (AvgIpc) is 3.20. The number of nitrogens with zero attached hydrogens (tertiary/aromatic N) is 1. The molecule has 3 aromatic carbocycles. The summed E-state index contributed by atoms with van der Waals surface area (Å²) in [5.74, 6) is -0.333. The first kappa shape index (κ1) is 20.4. The van der Waals surface area contributed by atoms with E-state index in [2.05, 4.69) is 5.32 Å². The maximum absolute atomic E-state index is 13.3. The number of fused-ring (bicyclic) bond motifs is 1. The molecule has 154 valence electrons. The van der Waals surface area contributed by atoms with Gasteiger partial charge >= 0.3 is 0 Å². The summed E-state index contributed by atoms with van der Waals surface area (Å²) in [6.45, 7) is 0.804. The Morgan fingerprint density at radius 3 is 2.53 bits per heavy atom. The first-order valence-corrected chi connectivity index (χ1v) is 11.5. The van der Waals surface area contributed by atoms with Crippen molar-refractivity contribution in [1.29, 1.82) is 0 Å². The number of para-hydroxylation sites is 1. The predicted molar refractivity (Wildman–Crippen MR) is 119 cm³/mol. The molecule has 0 bridgehead atoms. The average molecular weight is 441 g/mol. The Morgan fingerprint density at radius 1 is 1.00 bits per heavy atom. The maximum Gasteiger partial charge on any atom is 0.265 e. The van der Waals surface area contributed by atoms with Crippen molar-refractivity contribution >= 4 is 33.2 Å². The van der Waals surface area contributed by atoms with Gasteiger partial charge in [0.2, 0.25) is 0 Å². The minimum Gasteiger partial charge on any atom is -0.352 e. The van der Waals surface area contributed by atoms with E-state index in [4.69, 9.17) is 11.6 Å². The van der Waals surface area contributed by atoms with E-state index in [0.717, 1.165) is 11.1 Å². The highest BCUT2D eigenvalue weighted by atomic mass is 35.5. The summed E-state index contributed by atoms with van der Waals surface area (Å²) in [5, 5.41) is 2.94. The van der Waals surface area contributed by atoms with Crippen LogP contribution in [0.4, 0.5) is 5.69 Å². The number of hydrogen-bond donors (Lipinski definition) is 1. The molecule has 0 aliphatic carbocycles. The van der Waals surface area contributed by atoms with Gasteiger partial charge in [-0.05, 0) is 48.2 Å². The third-order valence-corrected chi connectivity index (χ3v) is 7.44. The lowest BCUT2D eigenvalue weighted by Crippen LogP contribution is -2.30. The minimum atomic E-state index is -3.88. The van der Waals surface area contributed by atoms with Crippen LogP contribution in [0.5, 0.6) is 0 Å². The van der Waals surface area contributed by atoms with Gasteiger partial charge in [0.15, 0.2) is 0 Å². The predicted octanol–water partition coefficient (Wildman–Crippen LogP) is 4.06. The number of anilines is 1. The Hall–Kier alpha value is -2.83. The topological polar surface area (TPSA) is 66.5 Å². The van der Waals surface area contributed by atoms with Gasteiger partial charge in [0.05, 0.1) is 10.7 Å². The van der Waals surface area contributed by atoms with Crippen molar-refractivity contribution in [2.45, 2.75) is 17.7 Å². The number of hydrogen-bond acceptors (Lipinski definition) is 3. The lowest BCUT2D eigenvalue weighted by atomic mass is 10.1. The molecule has 1 amide bonds. The zero-order valence-electron chi connectivity index (χ0n) is 16.2. The quantitative estimate of drug-likeness (QED) is 0.628. The zero-order valence-corrected chi connectivity index (χ0v) is 17.8. The Morgan fingerprint density at radius 2 is 1.73 bits per heavy atom. The summed E-state index contributed by atoms with van der Waals surface area (Å²) < 4.78 is 28.0. The van der Waals surface area contributed by atoms with Gasteiger partial charge in [-0.2, -0.15) is 0 Å². The first-order valence-electron chi connectivity index (χ1n) is 9.69. The van der Waals surface area contributed by atoms with Crippen LogP contribution in [-0.2, 0) is 22.9 Å². The van der Waals surface area contributed by atoms with Gasteiger partial charge in [-0.1, -0.05) is 60.1 Å². The van der Waals surface area contributed by atoms with Crippen molar-refractivity contribution in [3.63, 3.8) is 0 Å². The number of amides is 1. The molecule has 1 aliphatic heterocycles. The van der Waals surface area contributed by atoms with Crippen molar-refractivity contribution in [3.8, 4) is 0 Å². The molecule has 3 aromatic rings. The molecule has 30 heavy (non-hydrogen) atoms. The number of rotatable bonds is 6. The number of halogens is 1. The molecular weight excluding hydrogens is 420 g/mol. The molecule has 0 radical (unpaired) electrons.